The Bertz CT molecular complexity index is 1250. The van der Waals surface area contributed by atoms with Crippen LogP contribution in [0.15, 0.2) is 77.7 Å². The average Bonchev–Trinajstić information content (AvgIpc) is 3.10. The summed E-state index contributed by atoms with van der Waals surface area (Å²) < 4.78 is 25.5. The highest BCUT2D eigenvalue weighted by molar-refractivity contribution is 8.27. The van der Waals surface area contributed by atoms with Gasteiger partial charge in [0.25, 0.3) is 5.91 Å². The summed E-state index contributed by atoms with van der Waals surface area (Å²) in [6, 6.07) is 21.4. The number of anilines is 1. The van der Waals surface area contributed by atoms with Crippen molar-refractivity contribution in [3.63, 3.8) is 0 Å². The molecule has 0 radical (unpaired) electrons. The van der Waals surface area contributed by atoms with Crippen LogP contribution < -0.4 is 14.4 Å². The van der Waals surface area contributed by atoms with Gasteiger partial charge in [0, 0.05) is 0 Å². The third-order valence-electron chi connectivity index (χ3n) is 5.38. The van der Waals surface area contributed by atoms with Crippen LogP contribution in [0.25, 0.3) is 6.08 Å². The van der Waals surface area contributed by atoms with E-state index in [1.165, 1.54) is 34.4 Å². The monoisotopic (exact) mass is 507 g/mol. The molecule has 0 N–H and O–H groups in total. The molecule has 0 saturated carbocycles. The maximum absolute atomic E-state index is 13.6. The van der Waals surface area contributed by atoms with Gasteiger partial charge in [-0.2, -0.15) is 0 Å². The summed E-state index contributed by atoms with van der Waals surface area (Å²) in [6.45, 7) is 7.38. The Hall–Kier alpha value is -3.16. The quantitative estimate of drug-likeness (QED) is 0.196. The summed E-state index contributed by atoms with van der Waals surface area (Å²) in [5.74, 6) is 0.840. The third-order valence-corrected chi connectivity index (χ3v) is 6.68. The fourth-order valence-corrected chi connectivity index (χ4v) is 4.79. The maximum Gasteiger partial charge on any atom is 0.270 e. The molecule has 1 aliphatic heterocycles. The van der Waals surface area contributed by atoms with Crippen LogP contribution in [0.1, 0.15) is 31.9 Å². The van der Waals surface area contributed by atoms with Crippen molar-refractivity contribution in [2.75, 3.05) is 18.1 Å². The van der Waals surface area contributed by atoms with E-state index in [0.29, 0.717) is 33.9 Å². The second kappa shape index (κ2) is 10.6. The number of nitrogens with zero attached hydrogens (tertiary/aromatic N) is 1. The smallest absolute Gasteiger partial charge is 0.270 e. The first-order valence-corrected chi connectivity index (χ1v) is 12.4. The predicted molar refractivity (Wildman–Crippen MR) is 145 cm³/mol. The summed E-state index contributed by atoms with van der Waals surface area (Å²) in [6.07, 6.45) is 1.77. The number of thioether (sulfide) groups is 1. The zero-order valence-electron chi connectivity index (χ0n) is 19.8. The van der Waals surface area contributed by atoms with Gasteiger partial charge in [0.2, 0.25) is 0 Å². The first-order chi connectivity index (χ1) is 16.7. The molecule has 1 aliphatic rings. The van der Waals surface area contributed by atoms with Gasteiger partial charge in [0.1, 0.15) is 30.5 Å². The van der Waals surface area contributed by atoms with Gasteiger partial charge in [-0.05, 0) is 65.1 Å². The van der Waals surface area contributed by atoms with Gasteiger partial charge in [0.15, 0.2) is 4.32 Å². The Morgan fingerprint density at radius 3 is 2.11 bits per heavy atom. The van der Waals surface area contributed by atoms with Gasteiger partial charge in [-0.1, -0.05) is 75.1 Å². The van der Waals surface area contributed by atoms with Crippen molar-refractivity contribution >= 4 is 46.0 Å². The van der Waals surface area contributed by atoms with Crippen LogP contribution in [-0.2, 0) is 10.2 Å². The Balaban J connectivity index is 1.30. The van der Waals surface area contributed by atoms with E-state index in [9.17, 15) is 9.18 Å². The van der Waals surface area contributed by atoms with Crippen LogP contribution in [0.5, 0.6) is 11.5 Å². The van der Waals surface area contributed by atoms with Crippen molar-refractivity contribution < 1.29 is 18.7 Å². The molecule has 0 unspecified atom stereocenters. The van der Waals surface area contributed by atoms with E-state index in [0.717, 1.165) is 11.3 Å². The lowest BCUT2D eigenvalue weighted by Gasteiger charge is -2.19. The highest BCUT2D eigenvalue weighted by atomic mass is 32.2. The molecular formula is C28H26FNO3S2. The predicted octanol–water partition coefficient (Wildman–Crippen LogP) is 6.99. The molecule has 3 aromatic rings. The number of rotatable bonds is 7. The van der Waals surface area contributed by atoms with Gasteiger partial charge >= 0.3 is 0 Å². The SMILES string of the molecule is CC(C)(C)c1ccc(OCCOc2ccc(/C=C3/SC(=S)N(c4cccc(F)c4)C3=O)cc2)cc1. The van der Waals surface area contributed by atoms with E-state index < -0.39 is 5.82 Å². The Labute approximate surface area is 214 Å². The van der Waals surface area contributed by atoms with Crippen molar-refractivity contribution in [3.8, 4) is 11.5 Å². The molecule has 0 aromatic heterocycles. The zero-order chi connectivity index (χ0) is 25.0. The minimum Gasteiger partial charge on any atom is -0.490 e. The first-order valence-electron chi connectivity index (χ1n) is 11.2. The molecule has 7 heteroatoms. The van der Waals surface area contributed by atoms with Crippen molar-refractivity contribution in [2.24, 2.45) is 0 Å². The molecule has 0 aliphatic carbocycles. The van der Waals surface area contributed by atoms with Crippen molar-refractivity contribution in [2.45, 2.75) is 26.2 Å². The van der Waals surface area contributed by atoms with Crippen LogP contribution in [0.4, 0.5) is 10.1 Å². The lowest BCUT2D eigenvalue weighted by Crippen LogP contribution is -2.27. The molecule has 4 nitrogen and oxygen atoms in total. The molecule has 3 aromatic carbocycles. The van der Waals surface area contributed by atoms with Crippen molar-refractivity contribution in [3.05, 3.63) is 94.6 Å². The van der Waals surface area contributed by atoms with Crippen molar-refractivity contribution in [1.29, 1.82) is 0 Å². The number of hydrogen-bond donors (Lipinski definition) is 0. The van der Waals surface area contributed by atoms with Gasteiger partial charge in [0.05, 0.1) is 10.6 Å². The second-order valence-electron chi connectivity index (χ2n) is 9.04. The second-order valence-corrected chi connectivity index (χ2v) is 10.7. The summed E-state index contributed by atoms with van der Waals surface area (Å²) in [5.41, 5.74) is 2.64. The molecule has 0 spiro atoms. The normalized spacial score (nSPS) is 15.1. The average molecular weight is 508 g/mol. The number of ether oxygens (including phenoxy) is 2. The molecule has 35 heavy (non-hydrogen) atoms. The molecule has 180 valence electrons. The molecule has 0 atom stereocenters. The number of halogens is 1. The van der Waals surface area contributed by atoms with E-state index in [4.69, 9.17) is 21.7 Å². The van der Waals surface area contributed by atoms with E-state index in [1.807, 2.05) is 36.4 Å². The minimum atomic E-state index is -0.417. The standard InChI is InChI=1S/C28H26FNO3S2/c1-28(2,3)20-9-13-24(14-10-20)33-16-15-32-23-11-7-19(8-12-23)17-25-26(31)30(27(34)35-25)22-6-4-5-21(29)18-22/h4-14,17-18H,15-16H2,1-3H3/b25-17+. The number of hydrogen-bond acceptors (Lipinski definition) is 5. The third kappa shape index (κ3) is 6.29. The molecule has 4 rings (SSSR count). The van der Waals surface area contributed by atoms with E-state index in [2.05, 4.69) is 32.9 Å². The fraction of sp³-hybridized carbons (Fsp3) is 0.214. The number of carbonyl (C=O) groups excluding carboxylic acids is 1. The largest absolute Gasteiger partial charge is 0.490 e. The fourth-order valence-electron chi connectivity index (χ4n) is 3.49. The Kier molecular flexibility index (Phi) is 7.57. The lowest BCUT2D eigenvalue weighted by atomic mass is 9.87. The van der Waals surface area contributed by atoms with Gasteiger partial charge in [-0.25, -0.2) is 4.39 Å². The molecular weight excluding hydrogens is 481 g/mol. The molecule has 1 heterocycles. The van der Waals surface area contributed by atoms with E-state index in [1.54, 1.807) is 18.2 Å². The molecule has 1 fully saturated rings. The molecule has 1 amide bonds. The molecule has 0 bridgehead atoms. The minimum absolute atomic E-state index is 0.111. The highest BCUT2D eigenvalue weighted by Gasteiger charge is 2.33. The maximum atomic E-state index is 13.6. The van der Waals surface area contributed by atoms with Crippen LogP contribution >= 0.6 is 24.0 Å². The van der Waals surface area contributed by atoms with Crippen molar-refractivity contribution in [1.82, 2.24) is 0 Å². The highest BCUT2D eigenvalue weighted by Crippen LogP contribution is 2.36. The summed E-state index contributed by atoms with van der Waals surface area (Å²) in [5, 5.41) is 0. The first kappa shape index (κ1) is 24.9. The Morgan fingerprint density at radius 2 is 1.54 bits per heavy atom. The number of amides is 1. The number of thiocarbonyl (C=S) groups is 1. The van der Waals surface area contributed by atoms with Gasteiger partial charge < -0.3 is 9.47 Å². The summed E-state index contributed by atoms with van der Waals surface area (Å²) in [4.78, 5) is 14.7. The van der Waals surface area contributed by atoms with E-state index >= 15 is 0 Å². The van der Waals surface area contributed by atoms with Crippen LogP contribution in [0.2, 0.25) is 0 Å². The summed E-state index contributed by atoms with van der Waals surface area (Å²) in [7, 11) is 0. The topological polar surface area (TPSA) is 38.8 Å². The number of carbonyl (C=O) groups is 1. The lowest BCUT2D eigenvalue weighted by molar-refractivity contribution is -0.113. The summed E-state index contributed by atoms with van der Waals surface area (Å²) >= 11 is 6.54. The van der Waals surface area contributed by atoms with Crippen LogP contribution in [0.3, 0.4) is 0 Å². The van der Waals surface area contributed by atoms with Gasteiger partial charge in [-0.3, -0.25) is 9.69 Å². The zero-order valence-corrected chi connectivity index (χ0v) is 21.4. The Morgan fingerprint density at radius 1 is 0.943 bits per heavy atom. The van der Waals surface area contributed by atoms with Crippen LogP contribution in [-0.4, -0.2) is 23.4 Å². The number of benzene rings is 3. The van der Waals surface area contributed by atoms with E-state index in [-0.39, 0.29) is 11.3 Å². The van der Waals surface area contributed by atoms with Gasteiger partial charge in [-0.15, -0.1) is 0 Å². The molecule has 1 saturated heterocycles. The van der Waals surface area contributed by atoms with Crippen LogP contribution in [0, 0.1) is 5.82 Å².